The number of nitriles is 1. The van der Waals surface area contributed by atoms with E-state index in [1.54, 1.807) is 32.4 Å². The van der Waals surface area contributed by atoms with Crippen LogP contribution in [0, 0.1) is 17.1 Å². The Morgan fingerprint density at radius 1 is 1.35 bits per heavy atom. The van der Waals surface area contributed by atoms with Gasteiger partial charge in [0.15, 0.2) is 5.58 Å². The zero-order chi connectivity index (χ0) is 26.1. The number of methoxy groups -OCH3 is 1. The number of hydrogen-bond donors (Lipinski definition) is 2. The maximum atomic E-state index is 15.5. The molecular formula is C26H25FN4O5S. The zero-order valence-corrected chi connectivity index (χ0v) is 21.1. The highest BCUT2D eigenvalue weighted by molar-refractivity contribution is 7.22. The van der Waals surface area contributed by atoms with Crippen molar-refractivity contribution in [3.63, 3.8) is 0 Å². The smallest absolute Gasteiger partial charge is 0.408 e. The lowest BCUT2D eigenvalue weighted by Gasteiger charge is -2.18. The van der Waals surface area contributed by atoms with Gasteiger partial charge in [0.2, 0.25) is 0 Å². The van der Waals surface area contributed by atoms with Gasteiger partial charge in [0, 0.05) is 38.5 Å². The minimum absolute atomic E-state index is 0.0151. The Morgan fingerprint density at radius 3 is 2.97 bits per heavy atom. The SMILES string of the molecule is CO[C@@H]1CNC[C@@H](C(=O)N[C@H](C#N)Cc2ccc3cc(-c4ccc5oc(=O)n(C)c5c4)sc3c2F)OC1. The monoisotopic (exact) mass is 524 g/mol. The molecule has 3 heterocycles. The van der Waals surface area contributed by atoms with Crippen molar-refractivity contribution in [1.29, 1.82) is 5.26 Å². The van der Waals surface area contributed by atoms with Crippen LogP contribution in [0.5, 0.6) is 0 Å². The maximum absolute atomic E-state index is 15.5. The molecule has 1 fully saturated rings. The molecule has 5 rings (SSSR count). The molecular weight excluding hydrogens is 499 g/mol. The molecule has 11 heteroatoms. The summed E-state index contributed by atoms with van der Waals surface area (Å²) in [4.78, 5) is 25.3. The van der Waals surface area contributed by atoms with Crippen LogP contribution >= 0.6 is 11.3 Å². The van der Waals surface area contributed by atoms with Crippen molar-refractivity contribution in [2.24, 2.45) is 7.05 Å². The fraction of sp³-hybridized carbons (Fsp3) is 0.346. The summed E-state index contributed by atoms with van der Waals surface area (Å²) in [6, 6.07) is 11.9. The van der Waals surface area contributed by atoms with E-state index in [0.29, 0.717) is 34.5 Å². The van der Waals surface area contributed by atoms with Gasteiger partial charge in [-0.3, -0.25) is 9.36 Å². The molecule has 9 nitrogen and oxygen atoms in total. The molecule has 0 aliphatic carbocycles. The predicted molar refractivity (Wildman–Crippen MR) is 137 cm³/mol. The highest BCUT2D eigenvalue weighted by Crippen LogP contribution is 2.37. The van der Waals surface area contributed by atoms with Crippen LogP contribution < -0.4 is 16.4 Å². The molecule has 1 aliphatic heterocycles. The van der Waals surface area contributed by atoms with Crippen molar-refractivity contribution in [3.8, 4) is 16.5 Å². The lowest BCUT2D eigenvalue weighted by Crippen LogP contribution is -2.46. The maximum Gasteiger partial charge on any atom is 0.419 e. The lowest BCUT2D eigenvalue weighted by atomic mass is 10.0. The van der Waals surface area contributed by atoms with Gasteiger partial charge in [-0.05, 0) is 40.8 Å². The molecule has 2 N–H and O–H groups in total. The van der Waals surface area contributed by atoms with E-state index in [4.69, 9.17) is 13.9 Å². The number of aryl methyl sites for hydroxylation is 1. The summed E-state index contributed by atoms with van der Waals surface area (Å²) >= 11 is 1.28. The first kappa shape index (κ1) is 25.1. The number of fused-ring (bicyclic) bond motifs is 2. The second-order valence-corrected chi connectivity index (χ2v) is 9.96. The third-order valence-electron chi connectivity index (χ3n) is 6.49. The number of nitrogens with one attached hydrogen (secondary N) is 2. The van der Waals surface area contributed by atoms with E-state index in [-0.39, 0.29) is 19.1 Å². The van der Waals surface area contributed by atoms with Gasteiger partial charge in [-0.15, -0.1) is 11.3 Å². The first-order valence-corrected chi connectivity index (χ1v) is 12.6. The van der Waals surface area contributed by atoms with E-state index in [0.717, 1.165) is 15.8 Å². The number of carbonyl (C=O) groups excluding carboxylic acids is 1. The summed E-state index contributed by atoms with van der Waals surface area (Å²) in [7, 11) is 3.21. The van der Waals surface area contributed by atoms with Crippen LogP contribution in [0.25, 0.3) is 31.6 Å². The lowest BCUT2D eigenvalue weighted by molar-refractivity contribution is -0.133. The van der Waals surface area contributed by atoms with Gasteiger partial charge in [-0.1, -0.05) is 12.1 Å². The molecule has 0 spiro atoms. The third-order valence-corrected chi connectivity index (χ3v) is 7.68. The highest BCUT2D eigenvalue weighted by atomic mass is 32.1. The second-order valence-electron chi connectivity index (χ2n) is 8.91. The van der Waals surface area contributed by atoms with E-state index in [2.05, 4.69) is 16.7 Å². The number of nitrogens with zero attached hydrogens (tertiary/aromatic N) is 2. The highest BCUT2D eigenvalue weighted by Gasteiger charge is 2.27. The van der Waals surface area contributed by atoms with E-state index in [1.165, 1.54) is 15.9 Å². The van der Waals surface area contributed by atoms with Gasteiger partial charge in [0.25, 0.3) is 5.91 Å². The summed E-state index contributed by atoms with van der Waals surface area (Å²) in [6.07, 6.45) is -0.911. The molecule has 0 saturated carbocycles. The number of aromatic nitrogens is 1. The van der Waals surface area contributed by atoms with Gasteiger partial charge >= 0.3 is 5.76 Å². The molecule has 37 heavy (non-hydrogen) atoms. The Hall–Kier alpha value is -3.56. The Bertz CT molecular complexity index is 1570. The van der Waals surface area contributed by atoms with Crippen molar-refractivity contribution in [1.82, 2.24) is 15.2 Å². The van der Waals surface area contributed by atoms with Crippen LogP contribution in [0.1, 0.15) is 5.56 Å². The van der Waals surface area contributed by atoms with Gasteiger partial charge in [0.1, 0.15) is 18.0 Å². The Balaban J connectivity index is 1.34. The Labute approximate surface area is 215 Å². The summed E-state index contributed by atoms with van der Waals surface area (Å²) in [5.41, 5.74) is 2.30. The first-order chi connectivity index (χ1) is 17.9. The summed E-state index contributed by atoms with van der Waals surface area (Å²) in [5, 5.41) is 16.1. The second kappa shape index (κ2) is 10.4. The van der Waals surface area contributed by atoms with Crippen LogP contribution in [0.15, 0.2) is 45.6 Å². The van der Waals surface area contributed by atoms with Gasteiger partial charge in [0.05, 0.1) is 29.0 Å². The summed E-state index contributed by atoms with van der Waals surface area (Å²) < 4.78 is 33.5. The Kier molecular flexibility index (Phi) is 7.08. The third kappa shape index (κ3) is 5.01. The number of amides is 1. The molecule has 1 amide bonds. The fourth-order valence-electron chi connectivity index (χ4n) is 4.34. The number of rotatable bonds is 6. The van der Waals surface area contributed by atoms with Crippen molar-refractivity contribution in [2.75, 3.05) is 26.8 Å². The Morgan fingerprint density at radius 2 is 2.19 bits per heavy atom. The van der Waals surface area contributed by atoms with Crippen LogP contribution in [-0.4, -0.2) is 55.5 Å². The molecule has 0 unspecified atom stereocenters. The number of thiophene rings is 1. The zero-order valence-electron chi connectivity index (χ0n) is 20.2. The fourth-order valence-corrected chi connectivity index (χ4v) is 5.46. The van der Waals surface area contributed by atoms with Crippen molar-refractivity contribution in [2.45, 2.75) is 24.7 Å². The van der Waals surface area contributed by atoms with E-state index < -0.39 is 29.6 Å². The predicted octanol–water partition coefficient (Wildman–Crippen LogP) is 2.71. The largest absolute Gasteiger partial charge is 0.419 e. The first-order valence-electron chi connectivity index (χ1n) is 11.7. The topological polar surface area (TPSA) is 119 Å². The normalized spacial score (nSPS) is 19.0. The number of carbonyl (C=O) groups is 1. The average Bonchev–Trinajstić information content (AvgIpc) is 3.35. The van der Waals surface area contributed by atoms with Gasteiger partial charge in [-0.25, -0.2) is 9.18 Å². The molecule has 2 aromatic carbocycles. The van der Waals surface area contributed by atoms with E-state index in [9.17, 15) is 14.9 Å². The molecule has 0 radical (unpaired) electrons. The number of hydrogen-bond acceptors (Lipinski definition) is 8. The van der Waals surface area contributed by atoms with Gasteiger partial charge < -0.3 is 24.5 Å². The van der Waals surface area contributed by atoms with Crippen LogP contribution in [-0.2, 0) is 27.7 Å². The summed E-state index contributed by atoms with van der Waals surface area (Å²) in [6.45, 7) is 1.11. The number of ether oxygens (including phenoxy) is 2. The summed E-state index contributed by atoms with van der Waals surface area (Å²) in [5.74, 6) is -1.30. The average molecular weight is 525 g/mol. The van der Waals surface area contributed by atoms with Crippen LogP contribution in [0.2, 0.25) is 0 Å². The van der Waals surface area contributed by atoms with Crippen molar-refractivity contribution < 1.29 is 23.1 Å². The molecule has 0 bridgehead atoms. The van der Waals surface area contributed by atoms with Crippen molar-refractivity contribution >= 4 is 38.4 Å². The van der Waals surface area contributed by atoms with Crippen molar-refractivity contribution in [3.05, 3.63) is 58.3 Å². The molecule has 4 aromatic rings. The molecule has 2 aromatic heterocycles. The number of benzene rings is 2. The minimum Gasteiger partial charge on any atom is -0.408 e. The minimum atomic E-state index is -0.922. The standard InChI is InChI=1S/C26H25FN4O5S/c1-31-19-8-14(5-6-20(19)36-26(31)33)22-9-16-4-3-15(23(27)24(16)37-22)7-17(10-28)30-25(32)21-12-29-11-18(34-2)13-35-21/h3-6,8-9,17-18,21,29H,7,11-13H2,1-2H3,(H,30,32)/t17-,18+,21-/m0/s1. The molecule has 1 aliphatic rings. The molecule has 192 valence electrons. The van der Waals surface area contributed by atoms with E-state index in [1.807, 2.05) is 18.2 Å². The molecule has 3 atom stereocenters. The van der Waals surface area contributed by atoms with E-state index >= 15 is 4.39 Å². The van der Waals surface area contributed by atoms with Gasteiger partial charge in [-0.2, -0.15) is 5.26 Å². The van der Waals surface area contributed by atoms with Crippen LogP contribution in [0.4, 0.5) is 4.39 Å². The molecule has 1 saturated heterocycles. The quantitative estimate of drug-likeness (QED) is 0.398. The number of halogens is 1. The number of oxazole rings is 1. The van der Waals surface area contributed by atoms with Crippen LogP contribution in [0.3, 0.4) is 0 Å².